The van der Waals surface area contributed by atoms with Crippen LogP contribution in [0.15, 0.2) is 0 Å². The third-order valence-electron chi connectivity index (χ3n) is 4.19. The Morgan fingerprint density at radius 1 is 1.43 bits per heavy atom. The third kappa shape index (κ3) is 0.988. The highest BCUT2D eigenvalue weighted by atomic mass is 127. The second-order valence-electron chi connectivity index (χ2n) is 4.62. The summed E-state index contributed by atoms with van der Waals surface area (Å²) < 4.78 is 5.83. The summed E-state index contributed by atoms with van der Waals surface area (Å²) in [5.41, 5.74) is 0. The highest BCUT2D eigenvalue weighted by molar-refractivity contribution is 14.1. The minimum absolute atomic E-state index is 0.00904. The Kier molecular flexibility index (Phi) is 2.06. The molecule has 78 valence electrons. The SMILES string of the molecule is O=C1O[C@H]2[C@H](I)[C@H]3CC[C@H]2[C@H]1[C@@H]3CO. The van der Waals surface area contributed by atoms with Crippen molar-refractivity contribution in [2.24, 2.45) is 23.7 Å². The van der Waals surface area contributed by atoms with Crippen LogP contribution in [0.2, 0.25) is 0 Å². The van der Waals surface area contributed by atoms with Gasteiger partial charge in [-0.25, -0.2) is 0 Å². The molecule has 4 heteroatoms. The predicted octanol–water partition coefficient (Wildman–Crippen LogP) is 0.980. The van der Waals surface area contributed by atoms with Gasteiger partial charge in [-0.3, -0.25) is 4.79 Å². The zero-order valence-electron chi connectivity index (χ0n) is 7.73. The summed E-state index contributed by atoms with van der Waals surface area (Å²) in [6.07, 6.45) is 2.42. The van der Waals surface area contributed by atoms with Gasteiger partial charge in [0.05, 0.1) is 9.84 Å². The van der Waals surface area contributed by atoms with Crippen LogP contribution in [-0.4, -0.2) is 27.7 Å². The smallest absolute Gasteiger partial charge is 0.310 e. The van der Waals surface area contributed by atoms with E-state index in [0.717, 1.165) is 12.8 Å². The van der Waals surface area contributed by atoms with E-state index >= 15 is 0 Å². The van der Waals surface area contributed by atoms with Crippen LogP contribution in [0.3, 0.4) is 0 Å². The number of ether oxygens (including phenoxy) is 1. The maximum absolute atomic E-state index is 11.6. The number of carbonyl (C=O) groups excluding carboxylic acids is 1. The first-order chi connectivity index (χ1) is 6.74. The third-order valence-corrected chi connectivity index (χ3v) is 5.82. The van der Waals surface area contributed by atoms with Crippen LogP contribution in [0.25, 0.3) is 0 Å². The molecule has 4 aliphatic rings. The fraction of sp³-hybridized carbons (Fsp3) is 0.900. The second-order valence-corrected chi connectivity index (χ2v) is 6.06. The van der Waals surface area contributed by atoms with Crippen molar-refractivity contribution in [1.82, 2.24) is 0 Å². The molecule has 4 rings (SSSR count). The molecule has 3 saturated carbocycles. The molecule has 6 atom stereocenters. The summed E-state index contributed by atoms with van der Waals surface area (Å²) >= 11 is 2.40. The van der Waals surface area contributed by atoms with Crippen LogP contribution in [0.1, 0.15) is 12.8 Å². The molecule has 14 heavy (non-hydrogen) atoms. The Morgan fingerprint density at radius 2 is 2.14 bits per heavy atom. The molecule has 0 aromatic rings. The summed E-state index contributed by atoms with van der Waals surface area (Å²) in [5.74, 6) is 1.01. The van der Waals surface area contributed by atoms with Crippen molar-refractivity contribution in [3.8, 4) is 0 Å². The maximum atomic E-state index is 11.6. The van der Waals surface area contributed by atoms with Crippen LogP contribution < -0.4 is 0 Å². The van der Waals surface area contributed by atoms with E-state index in [1.54, 1.807) is 0 Å². The molecule has 0 aromatic heterocycles. The summed E-state index contributed by atoms with van der Waals surface area (Å²) in [7, 11) is 0. The van der Waals surface area contributed by atoms with E-state index in [-0.39, 0.29) is 30.5 Å². The Balaban J connectivity index is 2.01. The number of carbonyl (C=O) groups is 1. The van der Waals surface area contributed by atoms with Crippen molar-refractivity contribution >= 4 is 28.6 Å². The minimum Gasteiger partial charge on any atom is -0.461 e. The van der Waals surface area contributed by atoms with Gasteiger partial charge in [0.15, 0.2) is 0 Å². The zero-order chi connectivity index (χ0) is 9.87. The lowest BCUT2D eigenvalue weighted by Crippen LogP contribution is -2.51. The lowest BCUT2D eigenvalue weighted by molar-refractivity contribution is -0.144. The molecule has 3 aliphatic carbocycles. The molecule has 0 spiro atoms. The van der Waals surface area contributed by atoms with E-state index in [9.17, 15) is 9.90 Å². The maximum Gasteiger partial charge on any atom is 0.310 e. The van der Waals surface area contributed by atoms with Gasteiger partial charge >= 0.3 is 5.97 Å². The standard InChI is InChI=1S/C10H13IO3/c11-8-4-1-2-5-7(6(4)3-12)10(13)14-9(5)8/h4-9,12H,1-3H2/t4-,5-,6+,7-,8+,9+/m0/s1. The Morgan fingerprint density at radius 3 is 2.86 bits per heavy atom. The number of aliphatic hydroxyl groups excluding tert-OH is 1. The topological polar surface area (TPSA) is 46.5 Å². The highest BCUT2D eigenvalue weighted by Gasteiger charge is 2.61. The van der Waals surface area contributed by atoms with Crippen molar-refractivity contribution in [3.63, 3.8) is 0 Å². The number of hydrogen-bond donors (Lipinski definition) is 1. The fourth-order valence-electron chi connectivity index (χ4n) is 3.57. The number of halogens is 1. The molecule has 0 radical (unpaired) electrons. The summed E-state index contributed by atoms with van der Waals surface area (Å²) in [5, 5.41) is 9.36. The van der Waals surface area contributed by atoms with Gasteiger partial charge < -0.3 is 9.84 Å². The number of fused-ring (bicyclic) bond motifs is 1. The largest absolute Gasteiger partial charge is 0.461 e. The van der Waals surface area contributed by atoms with Gasteiger partial charge in [-0.2, -0.15) is 0 Å². The minimum atomic E-state index is -0.0529. The highest BCUT2D eigenvalue weighted by Crippen LogP contribution is 2.56. The van der Waals surface area contributed by atoms with E-state index < -0.39 is 0 Å². The lowest BCUT2D eigenvalue weighted by atomic mass is 9.59. The van der Waals surface area contributed by atoms with Crippen molar-refractivity contribution < 1.29 is 14.6 Å². The number of hydrogen-bond acceptors (Lipinski definition) is 3. The number of alkyl halides is 1. The monoisotopic (exact) mass is 308 g/mol. The van der Waals surface area contributed by atoms with Gasteiger partial charge in [0.1, 0.15) is 6.10 Å². The normalized spacial score (nSPS) is 54.9. The number of rotatable bonds is 1. The first kappa shape index (κ1) is 9.39. The molecule has 4 fully saturated rings. The van der Waals surface area contributed by atoms with Crippen LogP contribution in [-0.2, 0) is 9.53 Å². The molecule has 4 bridgehead atoms. The quantitative estimate of drug-likeness (QED) is 0.446. The van der Waals surface area contributed by atoms with E-state index in [0.29, 0.717) is 15.8 Å². The molecule has 0 amide bonds. The molecule has 1 heterocycles. The Bertz CT molecular complexity index is 281. The molecule has 3 nitrogen and oxygen atoms in total. The van der Waals surface area contributed by atoms with Gasteiger partial charge in [-0.15, -0.1) is 0 Å². The molecule has 0 unspecified atom stereocenters. The Labute approximate surface area is 96.3 Å². The van der Waals surface area contributed by atoms with E-state index in [1.807, 2.05) is 0 Å². The summed E-state index contributed by atoms with van der Waals surface area (Å²) in [6.45, 7) is 0.146. The van der Waals surface area contributed by atoms with Crippen LogP contribution in [0, 0.1) is 23.7 Å². The van der Waals surface area contributed by atoms with Crippen LogP contribution >= 0.6 is 22.6 Å². The molecule has 1 aliphatic heterocycles. The van der Waals surface area contributed by atoms with Gasteiger partial charge in [0.2, 0.25) is 0 Å². The van der Waals surface area contributed by atoms with Crippen molar-refractivity contribution in [1.29, 1.82) is 0 Å². The number of aliphatic hydroxyl groups is 1. The number of esters is 1. The van der Waals surface area contributed by atoms with Crippen molar-refractivity contribution in [2.45, 2.75) is 22.9 Å². The first-order valence-electron chi connectivity index (χ1n) is 5.19. The van der Waals surface area contributed by atoms with E-state index in [1.165, 1.54) is 0 Å². The van der Waals surface area contributed by atoms with Gasteiger partial charge in [-0.1, -0.05) is 22.6 Å². The van der Waals surface area contributed by atoms with E-state index in [2.05, 4.69) is 22.6 Å². The molecule has 1 N–H and O–H groups in total. The lowest BCUT2D eigenvalue weighted by Gasteiger charge is -2.47. The van der Waals surface area contributed by atoms with Gasteiger partial charge in [0.25, 0.3) is 0 Å². The van der Waals surface area contributed by atoms with Crippen molar-refractivity contribution in [3.05, 3.63) is 0 Å². The van der Waals surface area contributed by atoms with E-state index in [4.69, 9.17) is 4.74 Å². The molecular formula is C10H13IO3. The first-order valence-corrected chi connectivity index (χ1v) is 6.44. The average molecular weight is 308 g/mol. The van der Waals surface area contributed by atoms with Crippen LogP contribution in [0.5, 0.6) is 0 Å². The average Bonchev–Trinajstić information content (AvgIpc) is 2.50. The second kappa shape index (κ2) is 3.07. The van der Waals surface area contributed by atoms with Gasteiger partial charge in [0, 0.05) is 12.5 Å². The molecular weight excluding hydrogens is 295 g/mol. The molecule has 0 aromatic carbocycles. The Hall–Kier alpha value is 0.160. The predicted molar refractivity (Wildman–Crippen MR) is 58.0 cm³/mol. The summed E-state index contributed by atoms with van der Waals surface area (Å²) in [6, 6.07) is 0. The van der Waals surface area contributed by atoms with Gasteiger partial charge in [-0.05, 0) is 24.7 Å². The molecule has 1 saturated heterocycles. The zero-order valence-corrected chi connectivity index (χ0v) is 9.88. The fourth-order valence-corrected chi connectivity index (χ4v) is 5.14. The summed E-state index contributed by atoms with van der Waals surface area (Å²) in [4.78, 5) is 11.6. The van der Waals surface area contributed by atoms with Crippen molar-refractivity contribution in [2.75, 3.05) is 6.61 Å². The van der Waals surface area contributed by atoms with Crippen LogP contribution in [0.4, 0.5) is 0 Å².